The van der Waals surface area contributed by atoms with Crippen molar-refractivity contribution in [3.8, 4) is 11.9 Å². The normalized spacial score (nSPS) is 9.29. The minimum absolute atomic E-state index is 0.520. The van der Waals surface area contributed by atoms with Gasteiger partial charge in [0.05, 0.1) is 17.3 Å². The molecule has 14 heavy (non-hydrogen) atoms. The van der Waals surface area contributed by atoms with E-state index in [9.17, 15) is 0 Å². The van der Waals surface area contributed by atoms with E-state index in [1.807, 2.05) is 13.1 Å². The van der Waals surface area contributed by atoms with E-state index < -0.39 is 0 Å². The van der Waals surface area contributed by atoms with Crippen molar-refractivity contribution >= 4 is 17.3 Å². The van der Waals surface area contributed by atoms with Crippen molar-refractivity contribution < 1.29 is 4.74 Å². The smallest absolute Gasteiger partial charge is 0.183 e. The highest BCUT2D eigenvalue weighted by Crippen LogP contribution is 2.28. The van der Waals surface area contributed by atoms with Crippen LogP contribution < -0.4 is 9.64 Å². The van der Waals surface area contributed by atoms with Crippen LogP contribution in [0.25, 0.3) is 0 Å². The Labute approximate surface area is 88.5 Å². The maximum Gasteiger partial charge on any atom is 0.183 e. The number of ether oxygens (including phenoxy) is 1. The maximum atomic E-state index is 8.65. The number of halogens is 1. The zero-order chi connectivity index (χ0) is 10.6. The first-order chi connectivity index (χ1) is 6.69. The van der Waals surface area contributed by atoms with Crippen molar-refractivity contribution in [3.05, 3.63) is 23.2 Å². The van der Waals surface area contributed by atoms with Crippen LogP contribution >= 0.6 is 11.6 Å². The zero-order valence-corrected chi connectivity index (χ0v) is 8.88. The lowest BCUT2D eigenvalue weighted by molar-refractivity contribution is 0.340. The van der Waals surface area contributed by atoms with Gasteiger partial charge in [0.25, 0.3) is 0 Å². The fourth-order valence-electron chi connectivity index (χ4n) is 1.03. The first-order valence-corrected chi connectivity index (χ1v) is 4.62. The number of anilines is 1. The molecule has 1 rings (SSSR count). The highest BCUT2D eigenvalue weighted by Gasteiger charge is 2.04. The van der Waals surface area contributed by atoms with Gasteiger partial charge in [0.15, 0.2) is 6.19 Å². The van der Waals surface area contributed by atoms with Gasteiger partial charge in [0.1, 0.15) is 5.75 Å². The molecule has 0 bridgehead atoms. The van der Waals surface area contributed by atoms with Crippen LogP contribution in [-0.4, -0.2) is 13.7 Å². The topological polar surface area (TPSA) is 36.3 Å². The molecule has 1 aromatic carbocycles. The molecule has 0 saturated carbocycles. The third-order valence-electron chi connectivity index (χ3n) is 1.75. The maximum absolute atomic E-state index is 8.65. The summed E-state index contributed by atoms with van der Waals surface area (Å²) in [6.07, 6.45) is 1.99. The van der Waals surface area contributed by atoms with E-state index in [-0.39, 0.29) is 0 Å². The van der Waals surface area contributed by atoms with Gasteiger partial charge in [-0.1, -0.05) is 11.6 Å². The van der Waals surface area contributed by atoms with E-state index in [1.54, 1.807) is 25.2 Å². The SMILES string of the molecule is CCOc1ccc(N(C)C#N)cc1Cl. The minimum Gasteiger partial charge on any atom is -0.492 e. The number of benzene rings is 1. The Bertz CT molecular complexity index is 360. The Hall–Kier alpha value is -1.40. The van der Waals surface area contributed by atoms with E-state index in [2.05, 4.69) is 0 Å². The van der Waals surface area contributed by atoms with Crippen LogP contribution in [0.5, 0.6) is 5.75 Å². The summed E-state index contributed by atoms with van der Waals surface area (Å²) in [7, 11) is 1.67. The van der Waals surface area contributed by atoms with Gasteiger partial charge in [-0.3, -0.25) is 4.90 Å². The summed E-state index contributed by atoms with van der Waals surface area (Å²) in [6.45, 7) is 2.47. The van der Waals surface area contributed by atoms with Crippen LogP contribution in [0.1, 0.15) is 6.92 Å². The summed E-state index contributed by atoms with van der Waals surface area (Å²) in [5, 5.41) is 9.17. The largest absolute Gasteiger partial charge is 0.492 e. The van der Waals surface area contributed by atoms with Gasteiger partial charge in [0.2, 0.25) is 0 Å². The summed E-state index contributed by atoms with van der Waals surface area (Å²) in [6, 6.07) is 5.25. The lowest BCUT2D eigenvalue weighted by Gasteiger charge is -2.11. The van der Waals surface area contributed by atoms with Crippen molar-refractivity contribution in [2.24, 2.45) is 0 Å². The van der Waals surface area contributed by atoms with Crippen LogP contribution in [0.15, 0.2) is 18.2 Å². The summed E-state index contributed by atoms with van der Waals surface area (Å²) in [4.78, 5) is 1.43. The molecule has 0 aliphatic rings. The molecule has 0 aliphatic heterocycles. The molecule has 0 aliphatic carbocycles. The third kappa shape index (κ3) is 2.30. The van der Waals surface area contributed by atoms with Crippen LogP contribution in [0.3, 0.4) is 0 Å². The molecule has 74 valence electrons. The first-order valence-electron chi connectivity index (χ1n) is 4.24. The quantitative estimate of drug-likeness (QED) is 0.569. The molecule has 0 unspecified atom stereocenters. The fraction of sp³-hybridized carbons (Fsp3) is 0.300. The average Bonchev–Trinajstić information content (AvgIpc) is 2.20. The summed E-state index contributed by atoms with van der Waals surface area (Å²) in [5.41, 5.74) is 0.751. The summed E-state index contributed by atoms with van der Waals surface area (Å²) >= 11 is 5.95. The standard InChI is InChI=1S/C10H11ClN2O/c1-3-14-10-5-4-8(6-9(10)11)13(2)7-12/h4-6H,3H2,1-2H3. The molecule has 0 fully saturated rings. The molecular formula is C10H11ClN2O. The van der Waals surface area contributed by atoms with Crippen LogP contribution in [-0.2, 0) is 0 Å². The van der Waals surface area contributed by atoms with E-state index in [1.165, 1.54) is 4.90 Å². The van der Waals surface area contributed by atoms with Gasteiger partial charge in [-0.2, -0.15) is 5.26 Å². The molecule has 0 radical (unpaired) electrons. The predicted octanol–water partition coefficient (Wildman–Crippen LogP) is 2.66. The van der Waals surface area contributed by atoms with Gasteiger partial charge in [-0.05, 0) is 25.1 Å². The number of nitriles is 1. The molecule has 4 heteroatoms. The molecule has 0 aromatic heterocycles. The Morgan fingerprint density at radius 2 is 2.29 bits per heavy atom. The number of hydrogen-bond donors (Lipinski definition) is 0. The van der Waals surface area contributed by atoms with Crippen LogP contribution in [0, 0.1) is 11.5 Å². The monoisotopic (exact) mass is 210 g/mol. The lowest BCUT2D eigenvalue weighted by Crippen LogP contribution is -2.07. The predicted molar refractivity (Wildman–Crippen MR) is 56.6 cm³/mol. The number of nitrogens with zero attached hydrogens (tertiary/aromatic N) is 2. The Balaban J connectivity index is 2.95. The number of hydrogen-bond acceptors (Lipinski definition) is 3. The summed E-state index contributed by atoms with van der Waals surface area (Å²) in [5.74, 6) is 0.643. The molecule has 0 amide bonds. The van der Waals surface area contributed by atoms with Gasteiger partial charge < -0.3 is 4.74 Å². The van der Waals surface area contributed by atoms with Gasteiger partial charge in [-0.25, -0.2) is 0 Å². The van der Waals surface area contributed by atoms with Crippen LogP contribution in [0.4, 0.5) is 5.69 Å². The summed E-state index contributed by atoms with van der Waals surface area (Å²) < 4.78 is 5.27. The highest BCUT2D eigenvalue weighted by molar-refractivity contribution is 6.32. The molecule has 0 saturated heterocycles. The van der Waals surface area contributed by atoms with E-state index >= 15 is 0 Å². The van der Waals surface area contributed by atoms with E-state index in [0.29, 0.717) is 17.4 Å². The molecule has 1 aromatic rings. The molecule has 0 N–H and O–H groups in total. The molecule has 0 heterocycles. The lowest BCUT2D eigenvalue weighted by atomic mass is 10.3. The van der Waals surface area contributed by atoms with Gasteiger partial charge in [-0.15, -0.1) is 0 Å². The van der Waals surface area contributed by atoms with Crippen LogP contribution in [0.2, 0.25) is 5.02 Å². The average molecular weight is 211 g/mol. The number of rotatable bonds is 3. The molecule has 0 spiro atoms. The fourth-order valence-corrected chi connectivity index (χ4v) is 1.26. The Morgan fingerprint density at radius 1 is 1.57 bits per heavy atom. The second-order valence-electron chi connectivity index (χ2n) is 2.71. The molecule has 0 atom stereocenters. The first kappa shape index (κ1) is 10.7. The van der Waals surface area contributed by atoms with Gasteiger partial charge >= 0.3 is 0 Å². The van der Waals surface area contributed by atoms with Crippen molar-refractivity contribution in [1.82, 2.24) is 0 Å². The van der Waals surface area contributed by atoms with Crippen molar-refractivity contribution in [2.45, 2.75) is 6.92 Å². The molecule has 3 nitrogen and oxygen atoms in total. The van der Waals surface area contributed by atoms with Crippen molar-refractivity contribution in [3.63, 3.8) is 0 Å². The van der Waals surface area contributed by atoms with Crippen molar-refractivity contribution in [2.75, 3.05) is 18.6 Å². The second kappa shape index (κ2) is 4.73. The Kier molecular flexibility index (Phi) is 3.61. The zero-order valence-electron chi connectivity index (χ0n) is 8.12. The Morgan fingerprint density at radius 3 is 2.79 bits per heavy atom. The third-order valence-corrected chi connectivity index (χ3v) is 2.05. The minimum atomic E-state index is 0.520. The highest BCUT2D eigenvalue weighted by atomic mass is 35.5. The van der Waals surface area contributed by atoms with Crippen molar-refractivity contribution in [1.29, 1.82) is 5.26 Å². The van der Waals surface area contributed by atoms with E-state index in [0.717, 1.165) is 5.69 Å². The van der Waals surface area contributed by atoms with E-state index in [4.69, 9.17) is 21.6 Å². The second-order valence-corrected chi connectivity index (χ2v) is 3.11. The van der Waals surface area contributed by atoms with Gasteiger partial charge in [0, 0.05) is 7.05 Å². The molecular weight excluding hydrogens is 200 g/mol.